The summed E-state index contributed by atoms with van der Waals surface area (Å²) in [6.45, 7) is 10.1. The molecule has 8 nitrogen and oxygen atoms in total. The van der Waals surface area contributed by atoms with E-state index in [4.69, 9.17) is 19.2 Å². The maximum Gasteiger partial charge on any atom is 0.229 e. The predicted molar refractivity (Wildman–Crippen MR) is 149 cm³/mol. The van der Waals surface area contributed by atoms with Crippen molar-refractivity contribution >= 4 is 30.8 Å². The fourth-order valence-corrected chi connectivity index (χ4v) is 6.28. The van der Waals surface area contributed by atoms with Crippen LogP contribution in [-0.2, 0) is 16.3 Å². The van der Waals surface area contributed by atoms with E-state index in [2.05, 4.69) is 36.9 Å². The van der Waals surface area contributed by atoms with Gasteiger partial charge in [-0.2, -0.15) is 0 Å². The number of hydrogen-bond donors (Lipinski definition) is 1. The highest BCUT2D eigenvalue weighted by molar-refractivity contribution is 6.76. The van der Waals surface area contributed by atoms with Gasteiger partial charge in [-0.1, -0.05) is 25.7 Å². The van der Waals surface area contributed by atoms with Crippen molar-refractivity contribution in [2.24, 2.45) is 17.8 Å². The summed E-state index contributed by atoms with van der Waals surface area (Å²) < 4.78 is 19.5. The minimum atomic E-state index is -1.20. The number of nitrogens with zero attached hydrogens (tertiary/aromatic N) is 3. The van der Waals surface area contributed by atoms with Gasteiger partial charge in [0.25, 0.3) is 0 Å². The molecule has 1 amide bonds. The molecule has 37 heavy (non-hydrogen) atoms. The fourth-order valence-electron chi connectivity index (χ4n) is 5.52. The third-order valence-corrected chi connectivity index (χ3v) is 9.28. The Morgan fingerprint density at radius 2 is 1.76 bits per heavy atom. The molecule has 198 valence electrons. The number of pyridine rings is 1. The van der Waals surface area contributed by atoms with Gasteiger partial charge in [0.2, 0.25) is 5.91 Å². The van der Waals surface area contributed by atoms with Crippen LogP contribution in [0.4, 0.5) is 5.82 Å². The predicted octanol–water partition coefficient (Wildman–Crippen LogP) is 4.78. The zero-order chi connectivity index (χ0) is 26.3. The maximum absolute atomic E-state index is 13.0. The van der Waals surface area contributed by atoms with Crippen LogP contribution in [-0.4, -0.2) is 69.4 Å². The number of methoxy groups -OCH3 is 2. The lowest BCUT2D eigenvalue weighted by molar-refractivity contribution is -0.118. The SMILES string of the molecule is COc1cccc(OC)c1-c1cn(COCC[Si](C)(C)C)c2nc(NC(=O)C3C4CN(C)CC43)ccc12. The molecule has 2 aromatic heterocycles. The summed E-state index contributed by atoms with van der Waals surface area (Å²) in [6.07, 6.45) is 2.04. The van der Waals surface area contributed by atoms with Crippen molar-refractivity contribution in [3.63, 3.8) is 0 Å². The first-order valence-corrected chi connectivity index (χ1v) is 16.7. The number of anilines is 1. The van der Waals surface area contributed by atoms with Crippen LogP contribution in [0.2, 0.25) is 25.7 Å². The van der Waals surface area contributed by atoms with Crippen LogP contribution >= 0.6 is 0 Å². The van der Waals surface area contributed by atoms with E-state index in [-0.39, 0.29) is 11.8 Å². The van der Waals surface area contributed by atoms with Gasteiger partial charge in [0.05, 0.1) is 19.8 Å². The van der Waals surface area contributed by atoms with Crippen LogP contribution in [0.15, 0.2) is 36.5 Å². The Hall–Kier alpha value is -2.88. The molecule has 2 unspecified atom stereocenters. The first-order valence-electron chi connectivity index (χ1n) is 13.0. The first kappa shape index (κ1) is 25.8. The third kappa shape index (κ3) is 5.25. The molecule has 2 fully saturated rings. The largest absolute Gasteiger partial charge is 0.496 e. The number of nitrogens with one attached hydrogen (secondary N) is 1. The number of aromatic nitrogens is 2. The van der Waals surface area contributed by atoms with Gasteiger partial charge >= 0.3 is 0 Å². The van der Waals surface area contributed by atoms with Crippen molar-refractivity contribution in [2.75, 3.05) is 46.3 Å². The lowest BCUT2D eigenvalue weighted by atomic mass is 10.0. The molecule has 3 aromatic rings. The Morgan fingerprint density at radius 3 is 2.38 bits per heavy atom. The molecular formula is C28H38N4O4Si. The second-order valence-corrected chi connectivity index (χ2v) is 17.2. The lowest BCUT2D eigenvalue weighted by Crippen LogP contribution is -2.25. The number of likely N-dealkylation sites (tertiary alicyclic amines) is 1. The van der Waals surface area contributed by atoms with Gasteiger partial charge in [-0.25, -0.2) is 4.98 Å². The van der Waals surface area contributed by atoms with E-state index >= 15 is 0 Å². The highest BCUT2D eigenvalue weighted by Gasteiger charge is 2.58. The van der Waals surface area contributed by atoms with Gasteiger partial charge in [-0.3, -0.25) is 4.79 Å². The Bertz CT molecular complexity index is 1270. The Kier molecular flexibility index (Phi) is 7.04. The summed E-state index contributed by atoms with van der Waals surface area (Å²) in [4.78, 5) is 20.2. The lowest BCUT2D eigenvalue weighted by Gasteiger charge is -2.15. The normalized spacial score (nSPS) is 21.2. The summed E-state index contributed by atoms with van der Waals surface area (Å²) in [5, 5.41) is 4.03. The molecule has 1 aromatic carbocycles. The number of amides is 1. The van der Waals surface area contributed by atoms with Crippen molar-refractivity contribution in [1.82, 2.24) is 14.5 Å². The van der Waals surface area contributed by atoms with Gasteiger partial charge in [0, 0.05) is 50.8 Å². The minimum absolute atomic E-state index is 0.0751. The fraction of sp³-hybridized carbons (Fsp3) is 0.500. The molecule has 9 heteroatoms. The molecular weight excluding hydrogens is 484 g/mol. The average molecular weight is 523 g/mol. The number of piperidine rings is 1. The summed E-state index contributed by atoms with van der Waals surface area (Å²) in [5.41, 5.74) is 2.57. The molecule has 1 N–H and O–H groups in total. The number of carbonyl (C=O) groups is 1. The Balaban J connectivity index is 1.46. The molecule has 3 heterocycles. The van der Waals surface area contributed by atoms with E-state index < -0.39 is 8.07 Å². The monoisotopic (exact) mass is 522 g/mol. The Morgan fingerprint density at radius 1 is 1.08 bits per heavy atom. The van der Waals surface area contributed by atoms with Crippen LogP contribution in [0.3, 0.4) is 0 Å². The summed E-state index contributed by atoms with van der Waals surface area (Å²) in [6, 6.07) is 10.8. The zero-order valence-electron chi connectivity index (χ0n) is 22.7. The zero-order valence-corrected chi connectivity index (χ0v) is 23.7. The number of ether oxygens (including phenoxy) is 3. The number of fused-ring (bicyclic) bond motifs is 2. The third-order valence-electron chi connectivity index (χ3n) is 7.58. The van der Waals surface area contributed by atoms with Gasteiger partial charge in [-0.05, 0) is 49.2 Å². The molecule has 2 atom stereocenters. The van der Waals surface area contributed by atoms with E-state index in [0.717, 1.165) is 52.8 Å². The molecule has 0 spiro atoms. The van der Waals surface area contributed by atoms with Crippen molar-refractivity contribution in [2.45, 2.75) is 32.4 Å². The minimum Gasteiger partial charge on any atom is -0.496 e. The van der Waals surface area contributed by atoms with Gasteiger partial charge in [0.15, 0.2) is 0 Å². The van der Waals surface area contributed by atoms with E-state index in [1.807, 2.05) is 41.1 Å². The molecule has 5 rings (SSSR count). The van der Waals surface area contributed by atoms with Crippen molar-refractivity contribution in [3.05, 3.63) is 36.5 Å². The van der Waals surface area contributed by atoms with Crippen LogP contribution in [0, 0.1) is 17.8 Å². The van der Waals surface area contributed by atoms with Crippen LogP contribution in [0.25, 0.3) is 22.2 Å². The molecule has 0 bridgehead atoms. The van der Waals surface area contributed by atoms with Crippen LogP contribution < -0.4 is 14.8 Å². The van der Waals surface area contributed by atoms with Gasteiger partial charge < -0.3 is 29.0 Å². The van der Waals surface area contributed by atoms with Crippen LogP contribution in [0.5, 0.6) is 11.5 Å². The van der Waals surface area contributed by atoms with Crippen molar-refractivity contribution in [1.29, 1.82) is 0 Å². The standard InChI is InChI=1S/C28H38N4O4Si/c1-31-14-19-20(15-31)25(19)28(33)30-24-11-10-18-21(26-22(34-2)8-7-9-23(26)35-3)16-32(27(18)29-24)17-36-12-13-37(4,5)6/h7-11,16,19-20,25H,12-15,17H2,1-6H3,(H,29,30,33). The average Bonchev–Trinajstić information content (AvgIpc) is 3.19. The molecule has 1 aliphatic heterocycles. The summed E-state index contributed by atoms with van der Waals surface area (Å²) in [7, 11) is 4.24. The van der Waals surface area contributed by atoms with Crippen molar-refractivity contribution < 1.29 is 19.0 Å². The molecule has 2 aliphatic rings. The number of carbonyl (C=O) groups excluding carboxylic acids is 1. The topological polar surface area (TPSA) is 77.9 Å². The number of hydrogen-bond acceptors (Lipinski definition) is 6. The van der Waals surface area contributed by atoms with E-state index in [1.54, 1.807) is 14.2 Å². The smallest absolute Gasteiger partial charge is 0.229 e. The maximum atomic E-state index is 13.0. The van der Waals surface area contributed by atoms with E-state index in [1.165, 1.54) is 0 Å². The second-order valence-electron chi connectivity index (χ2n) is 11.5. The molecule has 0 radical (unpaired) electrons. The highest BCUT2D eigenvalue weighted by atomic mass is 28.3. The van der Waals surface area contributed by atoms with Crippen LogP contribution in [0.1, 0.15) is 0 Å². The second kappa shape index (κ2) is 10.1. The molecule has 1 saturated carbocycles. The Labute approximate surface area is 219 Å². The summed E-state index contributed by atoms with van der Waals surface area (Å²) >= 11 is 0. The first-order chi connectivity index (χ1) is 17.7. The molecule has 1 aliphatic carbocycles. The molecule has 1 saturated heterocycles. The number of benzene rings is 1. The van der Waals surface area contributed by atoms with Gasteiger partial charge in [-0.15, -0.1) is 0 Å². The van der Waals surface area contributed by atoms with Gasteiger partial charge in [0.1, 0.15) is 29.7 Å². The highest BCUT2D eigenvalue weighted by Crippen LogP contribution is 2.51. The summed E-state index contributed by atoms with van der Waals surface area (Å²) in [5.74, 6) is 3.13. The number of rotatable bonds is 10. The van der Waals surface area contributed by atoms with E-state index in [0.29, 0.717) is 31.0 Å². The van der Waals surface area contributed by atoms with E-state index in [9.17, 15) is 4.79 Å². The quantitative estimate of drug-likeness (QED) is 0.305. The van der Waals surface area contributed by atoms with Crippen molar-refractivity contribution in [3.8, 4) is 22.6 Å².